The quantitative estimate of drug-likeness (QED) is 0.235. The molecule has 0 bridgehead atoms. The van der Waals surface area contributed by atoms with Gasteiger partial charge in [0, 0.05) is 18.3 Å². The van der Waals surface area contributed by atoms with Crippen LogP contribution in [0.5, 0.6) is 0 Å². The normalized spacial score (nSPS) is 10.6. The van der Waals surface area contributed by atoms with E-state index in [4.69, 9.17) is 4.42 Å². The molecule has 0 atom stereocenters. The third-order valence-corrected chi connectivity index (χ3v) is 5.15. The molecule has 0 unspecified atom stereocenters. The van der Waals surface area contributed by atoms with Gasteiger partial charge < -0.3 is 9.73 Å². The highest BCUT2D eigenvalue weighted by atomic mass is 16.6. The van der Waals surface area contributed by atoms with Gasteiger partial charge in [-0.1, -0.05) is 60.2 Å². The average Bonchev–Trinajstić information content (AvgIpc) is 3.33. The number of anilines is 1. The number of nitro groups is 1. The Morgan fingerprint density at radius 1 is 1.00 bits per heavy atom. The van der Waals surface area contributed by atoms with Crippen LogP contribution in [0, 0.1) is 17.0 Å². The lowest BCUT2D eigenvalue weighted by Crippen LogP contribution is -2.10. The number of ketones is 1. The molecule has 0 spiro atoms. The van der Waals surface area contributed by atoms with E-state index in [2.05, 4.69) is 5.32 Å². The topological polar surface area (TPSA) is 85.4 Å². The molecule has 154 valence electrons. The van der Waals surface area contributed by atoms with Gasteiger partial charge in [-0.3, -0.25) is 14.9 Å². The third kappa shape index (κ3) is 3.71. The molecule has 6 nitrogen and oxygen atoms in total. The first-order valence-electron chi connectivity index (χ1n) is 9.75. The van der Waals surface area contributed by atoms with Crippen molar-refractivity contribution in [2.24, 2.45) is 0 Å². The smallest absolute Gasteiger partial charge is 0.289 e. The highest BCUT2D eigenvalue weighted by molar-refractivity contribution is 6.18. The van der Waals surface area contributed by atoms with Crippen molar-refractivity contribution in [3.8, 4) is 22.5 Å². The number of hydrogen-bond acceptors (Lipinski definition) is 5. The summed E-state index contributed by atoms with van der Waals surface area (Å²) in [4.78, 5) is 25.4. The van der Waals surface area contributed by atoms with Gasteiger partial charge in [0.2, 0.25) is 0 Å². The predicted molar refractivity (Wildman–Crippen MR) is 120 cm³/mol. The molecule has 1 aromatic heterocycles. The molecule has 1 N–H and O–H groups in total. The van der Waals surface area contributed by atoms with Gasteiger partial charge in [0.05, 0.1) is 22.3 Å². The van der Waals surface area contributed by atoms with Crippen molar-refractivity contribution in [2.45, 2.75) is 6.92 Å². The largest absolute Gasteiger partial charge is 0.464 e. The van der Waals surface area contributed by atoms with E-state index < -0.39 is 4.92 Å². The van der Waals surface area contributed by atoms with Crippen molar-refractivity contribution in [1.29, 1.82) is 0 Å². The summed E-state index contributed by atoms with van der Waals surface area (Å²) in [6.07, 6.45) is 1.44. The van der Waals surface area contributed by atoms with E-state index in [-0.39, 0.29) is 28.4 Å². The number of benzene rings is 3. The summed E-state index contributed by atoms with van der Waals surface area (Å²) in [6.45, 7) is 1.93. The summed E-state index contributed by atoms with van der Waals surface area (Å²) >= 11 is 0. The van der Waals surface area contributed by atoms with Gasteiger partial charge in [0.25, 0.3) is 5.69 Å². The third-order valence-electron chi connectivity index (χ3n) is 5.15. The van der Waals surface area contributed by atoms with Crippen LogP contribution in [0.25, 0.3) is 22.5 Å². The fourth-order valence-electron chi connectivity index (χ4n) is 3.64. The van der Waals surface area contributed by atoms with Crippen LogP contribution in [-0.4, -0.2) is 17.8 Å². The summed E-state index contributed by atoms with van der Waals surface area (Å²) in [5, 5.41) is 15.4. The van der Waals surface area contributed by atoms with E-state index in [0.29, 0.717) is 22.4 Å². The fraction of sp³-hybridized carbons (Fsp3) is 0.0800. The maximum atomic E-state index is 13.6. The van der Waals surface area contributed by atoms with Crippen molar-refractivity contribution in [3.05, 3.63) is 106 Å². The number of carbonyl (C=O) groups excluding carboxylic acids is 1. The number of rotatable bonds is 6. The second-order valence-electron chi connectivity index (χ2n) is 7.12. The average molecular weight is 412 g/mol. The summed E-state index contributed by atoms with van der Waals surface area (Å²) < 4.78 is 5.56. The van der Waals surface area contributed by atoms with E-state index in [1.807, 2.05) is 37.3 Å². The van der Waals surface area contributed by atoms with Gasteiger partial charge in [0.15, 0.2) is 5.78 Å². The molecule has 3 aromatic carbocycles. The predicted octanol–water partition coefficient (Wildman–Crippen LogP) is 6.10. The Balaban J connectivity index is 2.09. The van der Waals surface area contributed by atoms with Crippen LogP contribution < -0.4 is 5.32 Å². The van der Waals surface area contributed by atoms with Crippen LogP contribution in [0.3, 0.4) is 0 Å². The Labute approximate surface area is 179 Å². The number of aryl methyl sites for hydroxylation is 1. The lowest BCUT2D eigenvalue weighted by atomic mass is 9.89. The van der Waals surface area contributed by atoms with Crippen molar-refractivity contribution in [2.75, 3.05) is 12.4 Å². The molecule has 0 saturated carbocycles. The Bertz CT molecular complexity index is 1250. The second-order valence-corrected chi connectivity index (χ2v) is 7.12. The van der Waals surface area contributed by atoms with Crippen molar-refractivity contribution >= 4 is 17.2 Å². The molecule has 1 heterocycles. The minimum absolute atomic E-state index is 0.159. The standard InChI is InChI=1S/C25H20N2O4/c1-16-10-12-18(13-11-16)25(28)22-20(26-2)15-19(17-7-4-3-5-8-17)24(27(29)30)23(22)21-9-6-14-31-21/h3-15,26H,1-2H3. The molecule has 0 aliphatic rings. The van der Waals surface area contributed by atoms with Gasteiger partial charge in [-0.15, -0.1) is 0 Å². The van der Waals surface area contributed by atoms with Crippen LogP contribution in [0.1, 0.15) is 21.5 Å². The molecule has 0 saturated heterocycles. The van der Waals surface area contributed by atoms with Crippen LogP contribution in [0.2, 0.25) is 0 Å². The zero-order chi connectivity index (χ0) is 22.0. The molecule has 0 radical (unpaired) electrons. The highest BCUT2D eigenvalue weighted by Gasteiger charge is 2.32. The van der Waals surface area contributed by atoms with E-state index in [1.54, 1.807) is 49.5 Å². The molecule has 0 fully saturated rings. The summed E-state index contributed by atoms with van der Waals surface area (Å²) in [6, 6.07) is 21.1. The maximum absolute atomic E-state index is 13.6. The van der Waals surface area contributed by atoms with Crippen LogP contribution in [-0.2, 0) is 0 Å². The molecule has 4 rings (SSSR count). The number of carbonyl (C=O) groups is 1. The van der Waals surface area contributed by atoms with E-state index in [1.165, 1.54) is 6.26 Å². The second kappa shape index (κ2) is 8.28. The molecular weight excluding hydrogens is 392 g/mol. The molecule has 0 amide bonds. The fourth-order valence-corrected chi connectivity index (χ4v) is 3.64. The lowest BCUT2D eigenvalue weighted by molar-refractivity contribution is -0.383. The molecule has 0 aliphatic carbocycles. The minimum atomic E-state index is -0.453. The number of nitro benzene ring substituents is 1. The van der Waals surface area contributed by atoms with Crippen LogP contribution in [0.4, 0.5) is 11.4 Å². The zero-order valence-electron chi connectivity index (χ0n) is 17.1. The van der Waals surface area contributed by atoms with Crippen molar-refractivity contribution in [3.63, 3.8) is 0 Å². The first-order valence-corrected chi connectivity index (χ1v) is 9.75. The van der Waals surface area contributed by atoms with E-state index in [9.17, 15) is 14.9 Å². The monoisotopic (exact) mass is 412 g/mol. The van der Waals surface area contributed by atoms with Gasteiger partial charge in [-0.25, -0.2) is 0 Å². The molecule has 6 heteroatoms. The first kappa shape index (κ1) is 20.1. The molecule has 31 heavy (non-hydrogen) atoms. The zero-order valence-corrected chi connectivity index (χ0v) is 17.1. The maximum Gasteiger partial charge on any atom is 0.289 e. The van der Waals surface area contributed by atoms with Gasteiger partial charge in [-0.05, 0) is 30.7 Å². The summed E-state index contributed by atoms with van der Waals surface area (Å²) in [5.74, 6) is -0.0603. The summed E-state index contributed by atoms with van der Waals surface area (Å²) in [5.41, 5.74) is 3.21. The number of nitrogens with one attached hydrogen (secondary N) is 1. The van der Waals surface area contributed by atoms with Gasteiger partial charge in [-0.2, -0.15) is 0 Å². The lowest BCUT2D eigenvalue weighted by Gasteiger charge is -2.17. The summed E-state index contributed by atoms with van der Waals surface area (Å²) in [7, 11) is 1.69. The number of furan rings is 1. The van der Waals surface area contributed by atoms with Gasteiger partial charge in [0.1, 0.15) is 11.3 Å². The molecular formula is C25H20N2O4. The minimum Gasteiger partial charge on any atom is -0.464 e. The van der Waals surface area contributed by atoms with Crippen molar-refractivity contribution < 1.29 is 14.1 Å². The highest BCUT2D eigenvalue weighted by Crippen LogP contribution is 2.45. The van der Waals surface area contributed by atoms with Gasteiger partial charge >= 0.3 is 0 Å². The Kier molecular flexibility index (Phi) is 5.37. The van der Waals surface area contributed by atoms with Crippen LogP contribution in [0.15, 0.2) is 83.5 Å². The Morgan fingerprint density at radius 3 is 2.29 bits per heavy atom. The SMILES string of the molecule is CNc1cc(-c2ccccc2)c([N+](=O)[O-])c(-c2ccco2)c1C(=O)c1ccc(C)cc1. The molecule has 4 aromatic rings. The van der Waals surface area contributed by atoms with E-state index >= 15 is 0 Å². The first-order chi connectivity index (χ1) is 15.0. The molecule has 0 aliphatic heterocycles. The number of nitrogens with zero attached hydrogens (tertiary/aromatic N) is 1. The number of hydrogen-bond donors (Lipinski definition) is 1. The van der Waals surface area contributed by atoms with Crippen LogP contribution >= 0.6 is 0 Å². The Morgan fingerprint density at radius 2 is 1.71 bits per heavy atom. The van der Waals surface area contributed by atoms with Crippen molar-refractivity contribution in [1.82, 2.24) is 0 Å². The Hall–Kier alpha value is -4.19. The van der Waals surface area contributed by atoms with E-state index in [0.717, 1.165) is 5.56 Å².